The van der Waals surface area contributed by atoms with Gasteiger partial charge in [0, 0.05) is 31.9 Å². The molecular weight excluding hydrogens is 266 g/mol. The van der Waals surface area contributed by atoms with Crippen molar-refractivity contribution in [3.05, 3.63) is 69.6 Å². The normalized spacial score (nSPS) is 10.3. The van der Waals surface area contributed by atoms with Gasteiger partial charge in [0.25, 0.3) is 5.91 Å². The fourth-order valence-corrected chi connectivity index (χ4v) is 1.73. The molecule has 2 aromatic rings. The largest absolute Gasteiger partial charge is 0.348 e. The van der Waals surface area contributed by atoms with Crippen LogP contribution in [0, 0.1) is 11.6 Å². The fourth-order valence-electron chi connectivity index (χ4n) is 1.73. The summed E-state index contributed by atoms with van der Waals surface area (Å²) in [6, 6.07) is 5.72. The zero-order valence-corrected chi connectivity index (χ0v) is 10.7. The van der Waals surface area contributed by atoms with E-state index < -0.39 is 17.5 Å². The summed E-state index contributed by atoms with van der Waals surface area (Å²) < 4.78 is 27.2. The predicted molar refractivity (Wildman–Crippen MR) is 69.2 cm³/mol. The van der Waals surface area contributed by atoms with Gasteiger partial charge in [0.05, 0.1) is 5.56 Å². The van der Waals surface area contributed by atoms with E-state index in [0.717, 1.165) is 18.2 Å². The number of hydrogen-bond donors (Lipinski definition) is 1. The maximum absolute atomic E-state index is 13.0. The SMILES string of the molecule is Cn1cc(C(=O)NCc2cc(F)cc(F)c2)ccc1=O. The third-order valence-corrected chi connectivity index (χ3v) is 2.72. The highest BCUT2D eigenvalue weighted by Crippen LogP contribution is 2.08. The Kier molecular flexibility index (Phi) is 3.93. The van der Waals surface area contributed by atoms with Crippen LogP contribution in [-0.2, 0) is 13.6 Å². The lowest BCUT2D eigenvalue weighted by atomic mass is 10.2. The van der Waals surface area contributed by atoms with Crippen LogP contribution in [0.3, 0.4) is 0 Å². The van der Waals surface area contributed by atoms with Gasteiger partial charge in [-0.3, -0.25) is 9.59 Å². The van der Waals surface area contributed by atoms with Crippen molar-refractivity contribution in [2.75, 3.05) is 0 Å². The number of halogens is 2. The molecule has 0 fully saturated rings. The lowest BCUT2D eigenvalue weighted by Gasteiger charge is -2.07. The first-order chi connectivity index (χ1) is 9.45. The Labute approximate surface area is 113 Å². The van der Waals surface area contributed by atoms with E-state index in [-0.39, 0.29) is 12.1 Å². The highest BCUT2D eigenvalue weighted by molar-refractivity contribution is 5.93. The van der Waals surface area contributed by atoms with Crippen molar-refractivity contribution in [2.24, 2.45) is 7.05 Å². The van der Waals surface area contributed by atoms with E-state index >= 15 is 0 Å². The number of benzene rings is 1. The molecule has 104 valence electrons. The average molecular weight is 278 g/mol. The monoisotopic (exact) mass is 278 g/mol. The molecule has 1 aromatic carbocycles. The molecule has 2 rings (SSSR count). The quantitative estimate of drug-likeness (QED) is 0.927. The number of nitrogens with zero attached hydrogens (tertiary/aromatic N) is 1. The van der Waals surface area contributed by atoms with E-state index in [2.05, 4.69) is 5.32 Å². The minimum atomic E-state index is -0.698. The predicted octanol–water partition coefficient (Wildman–Crippen LogP) is 1.59. The molecule has 0 saturated heterocycles. The Hall–Kier alpha value is -2.50. The Balaban J connectivity index is 2.08. The van der Waals surface area contributed by atoms with Crippen LogP contribution < -0.4 is 10.9 Å². The van der Waals surface area contributed by atoms with Crippen molar-refractivity contribution in [1.29, 1.82) is 0 Å². The molecule has 1 aromatic heterocycles. The summed E-state index contributed by atoms with van der Waals surface area (Å²) >= 11 is 0. The topological polar surface area (TPSA) is 51.1 Å². The summed E-state index contributed by atoms with van der Waals surface area (Å²) in [4.78, 5) is 23.0. The van der Waals surface area contributed by atoms with E-state index in [1.165, 1.54) is 29.9 Å². The number of pyridine rings is 1. The minimum absolute atomic E-state index is 0.00362. The minimum Gasteiger partial charge on any atom is -0.348 e. The molecule has 0 saturated carbocycles. The van der Waals surface area contributed by atoms with Gasteiger partial charge >= 0.3 is 0 Å². The van der Waals surface area contributed by atoms with Gasteiger partial charge in [-0.15, -0.1) is 0 Å². The van der Waals surface area contributed by atoms with Crippen LogP contribution in [0.25, 0.3) is 0 Å². The molecule has 0 aliphatic carbocycles. The van der Waals surface area contributed by atoms with Crippen LogP contribution in [0.4, 0.5) is 8.78 Å². The molecule has 1 heterocycles. The third-order valence-electron chi connectivity index (χ3n) is 2.72. The molecule has 0 unspecified atom stereocenters. The van der Waals surface area contributed by atoms with Gasteiger partial charge in [0.2, 0.25) is 5.56 Å². The van der Waals surface area contributed by atoms with Crippen LogP contribution in [0.5, 0.6) is 0 Å². The smallest absolute Gasteiger partial charge is 0.253 e. The van der Waals surface area contributed by atoms with Crippen molar-refractivity contribution < 1.29 is 13.6 Å². The summed E-state index contributed by atoms with van der Waals surface area (Å²) in [6.07, 6.45) is 1.39. The van der Waals surface area contributed by atoms with Gasteiger partial charge in [-0.1, -0.05) is 0 Å². The highest BCUT2D eigenvalue weighted by Gasteiger charge is 2.07. The first-order valence-corrected chi connectivity index (χ1v) is 5.85. The van der Waals surface area contributed by atoms with Crippen molar-refractivity contribution in [2.45, 2.75) is 6.54 Å². The molecule has 1 amide bonds. The van der Waals surface area contributed by atoms with Crippen LogP contribution >= 0.6 is 0 Å². The number of nitrogens with one attached hydrogen (secondary N) is 1. The Bertz CT molecular complexity index is 690. The Morgan fingerprint density at radius 1 is 1.20 bits per heavy atom. The first-order valence-electron chi connectivity index (χ1n) is 5.85. The highest BCUT2D eigenvalue weighted by atomic mass is 19.1. The first kappa shape index (κ1) is 13.9. The van der Waals surface area contributed by atoms with Crippen LogP contribution in [0.1, 0.15) is 15.9 Å². The molecular formula is C14H12F2N2O2. The molecule has 4 nitrogen and oxygen atoms in total. The molecule has 0 radical (unpaired) electrons. The maximum Gasteiger partial charge on any atom is 0.253 e. The molecule has 1 N–H and O–H groups in total. The molecule has 6 heteroatoms. The van der Waals surface area contributed by atoms with Gasteiger partial charge in [0.1, 0.15) is 11.6 Å². The lowest BCUT2D eigenvalue weighted by Crippen LogP contribution is -2.25. The molecule has 20 heavy (non-hydrogen) atoms. The second kappa shape index (κ2) is 5.64. The summed E-state index contributed by atoms with van der Waals surface area (Å²) in [5.74, 6) is -1.82. The number of hydrogen-bond acceptors (Lipinski definition) is 2. The van der Waals surface area contributed by atoms with E-state index in [1.54, 1.807) is 0 Å². The van der Waals surface area contributed by atoms with Crippen LogP contribution in [0.15, 0.2) is 41.3 Å². The zero-order valence-electron chi connectivity index (χ0n) is 10.7. The number of aromatic nitrogens is 1. The van der Waals surface area contributed by atoms with Gasteiger partial charge in [-0.2, -0.15) is 0 Å². The van der Waals surface area contributed by atoms with Crippen molar-refractivity contribution in [3.8, 4) is 0 Å². The third kappa shape index (κ3) is 3.28. The standard InChI is InChI=1S/C14H12F2N2O2/c1-18-8-10(2-3-13(18)19)14(20)17-7-9-4-11(15)6-12(16)5-9/h2-6,8H,7H2,1H3,(H,17,20). The number of carbonyl (C=O) groups excluding carboxylic acids is 1. The van der Waals surface area contributed by atoms with Gasteiger partial charge in [-0.25, -0.2) is 8.78 Å². The van der Waals surface area contributed by atoms with Crippen molar-refractivity contribution in [1.82, 2.24) is 9.88 Å². The molecule has 0 spiro atoms. The summed E-state index contributed by atoms with van der Waals surface area (Å²) in [5.41, 5.74) is 0.387. The Morgan fingerprint density at radius 3 is 2.45 bits per heavy atom. The van der Waals surface area contributed by atoms with Gasteiger partial charge in [0.15, 0.2) is 0 Å². The molecule has 0 aliphatic rings. The number of rotatable bonds is 3. The molecule has 0 bridgehead atoms. The van der Waals surface area contributed by atoms with E-state index in [0.29, 0.717) is 11.1 Å². The Morgan fingerprint density at radius 2 is 1.85 bits per heavy atom. The second-order valence-corrected chi connectivity index (χ2v) is 4.33. The maximum atomic E-state index is 13.0. The number of carbonyl (C=O) groups is 1. The average Bonchev–Trinajstić information content (AvgIpc) is 2.38. The van der Waals surface area contributed by atoms with E-state index in [4.69, 9.17) is 0 Å². The van der Waals surface area contributed by atoms with E-state index in [1.807, 2.05) is 0 Å². The van der Waals surface area contributed by atoms with Crippen LogP contribution in [0.2, 0.25) is 0 Å². The summed E-state index contributed by atoms with van der Waals surface area (Å²) in [7, 11) is 1.53. The van der Waals surface area contributed by atoms with Gasteiger partial charge < -0.3 is 9.88 Å². The fraction of sp³-hybridized carbons (Fsp3) is 0.143. The van der Waals surface area contributed by atoms with E-state index in [9.17, 15) is 18.4 Å². The summed E-state index contributed by atoms with van der Waals surface area (Å²) in [5, 5.41) is 2.53. The molecule has 0 aliphatic heterocycles. The number of amides is 1. The van der Waals surface area contributed by atoms with Gasteiger partial charge in [-0.05, 0) is 23.8 Å². The van der Waals surface area contributed by atoms with Crippen molar-refractivity contribution >= 4 is 5.91 Å². The molecule has 0 atom stereocenters. The summed E-state index contributed by atoms with van der Waals surface area (Å²) in [6.45, 7) is -0.00362. The van der Waals surface area contributed by atoms with Crippen LogP contribution in [-0.4, -0.2) is 10.5 Å². The number of aryl methyl sites for hydroxylation is 1. The lowest BCUT2D eigenvalue weighted by molar-refractivity contribution is 0.0950. The van der Waals surface area contributed by atoms with Crippen molar-refractivity contribution in [3.63, 3.8) is 0 Å². The zero-order chi connectivity index (χ0) is 14.7. The second-order valence-electron chi connectivity index (χ2n) is 4.33.